The highest BCUT2D eigenvalue weighted by molar-refractivity contribution is 5.97. The number of benzene rings is 2. The van der Waals surface area contributed by atoms with E-state index in [2.05, 4.69) is 5.32 Å². The monoisotopic (exact) mass is 301 g/mol. The van der Waals surface area contributed by atoms with Gasteiger partial charge in [-0.3, -0.25) is 9.59 Å². The molecule has 0 bridgehead atoms. The van der Waals surface area contributed by atoms with Crippen molar-refractivity contribution < 1.29 is 19.1 Å². The Morgan fingerprint density at radius 2 is 1.73 bits per heavy atom. The zero-order valence-electron chi connectivity index (χ0n) is 12.1. The molecule has 5 heteroatoms. The molecule has 0 unspecified atom stereocenters. The summed E-state index contributed by atoms with van der Waals surface area (Å²) in [5.41, 5.74) is 1.87. The van der Waals surface area contributed by atoms with Crippen molar-refractivity contribution in [3.8, 4) is 0 Å². The summed E-state index contributed by atoms with van der Waals surface area (Å²) in [6.07, 6.45) is 0. The molecule has 0 aromatic heterocycles. The number of hydrogen-bond donors (Lipinski definition) is 2. The lowest BCUT2D eigenvalue weighted by Crippen LogP contribution is -2.22. The Labute approximate surface area is 127 Å². The lowest BCUT2D eigenvalue weighted by molar-refractivity contribution is 0.0948. The summed E-state index contributed by atoms with van der Waals surface area (Å²) in [6.45, 7) is 1.29. The smallest absolute Gasteiger partial charge is 0.251 e. The van der Waals surface area contributed by atoms with Crippen molar-refractivity contribution in [2.75, 3.05) is 0 Å². The third-order valence-corrected chi connectivity index (χ3v) is 3.29. The first kappa shape index (κ1) is 15.9. The van der Waals surface area contributed by atoms with Crippen LogP contribution in [0.5, 0.6) is 0 Å². The van der Waals surface area contributed by atoms with Gasteiger partial charge in [0.15, 0.2) is 5.78 Å². The molecular weight excluding hydrogens is 285 g/mol. The maximum absolute atomic E-state index is 13.3. The molecule has 0 saturated carbocycles. The Morgan fingerprint density at radius 3 is 2.32 bits per heavy atom. The molecular formula is C17H16FNO3. The van der Waals surface area contributed by atoms with Crippen molar-refractivity contribution in [3.05, 3.63) is 70.5 Å². The largest absolute Gasteiger partial charge is 0.392 e. The summed E-state index contributed by atoms with van der Waals surface area (Å²) in [5, 5.41) is 11.7. The zero-order chi connectivity index (χ0) is 16.1. The van der Waals surface area contributed by atoms with Crippen LogP contribution in [0.2, 0.25) is 0 Å². The fraction of sp³-hybridized carbons (Fsp3) is 0.176. The molecule has 0 aliphatic rings. The van der Waals surface area contributed by atoms with Gasteiger partial charge in [-0.15, -0.1) is 0 Å². The van der Waals surface area contributed by atoms with E-state index in [1.807, 2.05) is 0 Å². The van der Waals surface area contributed by atoms with Crippen molar-refractivity contribution in [1.29, 1.82) is 0 Å². The summed E-state index contributed by atoms with van der Waals surface area (Å²) < 4.78 is 13.3. The highest BCUT2D eigenvalue weighted by Crippen LogP contribution is 2.11. The minimum absolute atomic E-state index is 0.0604. The van der Waals surface area contributed by atoms with Gasteiger partial charge in [-0.1, -0.05) is 18.2 Å². The van der Waals surface area contributed by atoms with Gasteiger partial charge in [0.2, 0.25) is 0 Å². The number of hydrogen-bond acceptors (Lipinski definition) is 3. The highest BCUT2D eigenvalue weighted by Gasteiger charge is 2.08. The Balaban J connectivity index is 2.02. The van der Waals surface area contributed by atoms with E-state index in [0.29, 0.717) is 16.7 Å². The lowest BCUT2D eigenvalue weighted by Gasteiger charge is -2.08. The van der Waals surface area contributed by atoms with Crippen LogP contribution in [0.1, 0.15) is 38.8 Å². The van der Waals surface area contributed by atoms with Crippen molar-refractivity contribution in [3.63, 3.8) is 0 Å². The molecule has 0 aliphatic carbocycles. The molecule has 22 heavy (non-hydrogen) atoms. The number of halogens is 1. The SMILES string of the molecule is CC(=O)c1ccc(C(=O)NCc2ccc(F)c(CO)c2)cc1. The van der Waals surface area contributed by atoms with Crippen molar-refractivity contribution >= 4 is 11.7 Å². The number of nitrogens with one attached hydrogen (secondary N) is 1. The molecule has 0 aliphatic heterocycles. The maximum Gasteiger partial charge on any atom is 0.251 e. The molecule has 1 amide bonds. The van der Waals surface area contributed by atoms with Gasteiger partial charge in [0, 0.05) is 23.2 Å². The molecule has 2 rings (SSSR count). The van der Waals surface area contributed by atoms with Gasteiger partial charge in [0.05, 0.1) is 6.61 Å². The second kappa shape index (κ2) is 6.95. The van der Waals surface area contributed by atoms with Gasteiger partial charge < -0.3 is 10.4 Å². The van der Waals surface area contributed by atoms with Crippen molar-refractivity contribution in [1.82, 2.24) is 5.32 Å². The summed E-state index contributed by atoms with van der Waals surface area (Å²) in [4.78, 5) is 23.2. The van der Waals surface area contributed by atoms with Gasteiger partial charge in [0.1, 0.15) is 5.82 Å². The van der Waals surface area contributed by atoms with Crippen LogP contribution in [0.4, 0.5) is 4.39 Å². The standard InChI is InChI=1S/C17H16FNO3/c1-11(21)13-3-5-14(6-4-13)17(22)19-9-12-2-7-16(18)15(8-12)10-20/h2-8,20H,9-10H2,1H3,(H,19,22). The fourth-order valence-corrected chi connectivity index (χ4v) is 2.00. The molecule has 2 aromatic rings. The minimum atomic E-state index is -0.475. The van der Waals surface area contributed by atoms with Crippen LogP contribution in [0.25, 0.3) is 0 Å². The Hall–Kier alpha value is -2.53. The van der Waals surface area contributed by atoms with Crippen LogP contribution in [-0.2, 0) is 13.2 Å². The Bertz CT molecular complexity index is 696. The maximum atomic E-state index is 13.3. The minimum Gasteiger partial charge on any atom is -0.392 e. The first-order valence-electron chi connectivity index (χ1n) is 6.78. The van der Waals surface area contributed by atoms with Gasteiger partial charge in [0.25, 0.3) is 5.91 Å². The van der Waals surface area contributed by atoms with Crippen LogP contribution in [0.3, 0.4) is 0 Å². The molecule has 2 aromatic carbocycles. The van der Waals surface area contributed by atoms with E-state index in [4.69, 9.17) is 5.11 Å². The summed E-state index contributed by atoms with van der Waals surface area (Å²) >= 11 is 0. The first-order chi connectivity index (χ1) is 10.5. The second-order valence-electron chi connectivity index (χ2n) is 4.90. The Morgan fingerprint density at radius 1 is 1.09 bits per heavy atom. The highest BCUT2D eigenvalue weighted by atomic mass is 19.1. The molecule has 0 radical (unpaired) electrons. The number of carbonyl (C=O) groups is 2. The van der Waals surface area contributed by atoms with E-state index in [9.17, 15) is 14.0 Å². The molecule has 114 valence electrons. The fourth-order valence-electron chi connectivity index (χ4n) is 2.00. The normalized spacial score (nSPS) is 10.3. The van der Waals surface area contributed by atoms with Crippen LogP contribution >= 0.6 is 0 Å². The molecule has 0 spiro atoms. The molecule has 0 saturated heterocycles. The number of aliphatic hydroxyl groups is 1. The summed E-state index contributed by atoms with van der Waals surface area (Å²) in [7, 11) is 0. The average Bonchev–Trinajstić information content (AvgIpc) is 2.53. The number of amides is 1. The molecule has 0 atom stereocenters. The predicted octanol–water partition coefficient (Wildman–Crippen LogP) is 2.45. The van der Waals surface area contributed by atoms with Crippen molar-refractivity contribution in [2.24, 2.45) is 0 Å². The number of ketones is 1. The molecule has 0 heterocycles. The van der Waals surface area contributed by atoms with E-state index in [-0.39, 0.29) is 30.4 Å². The van der Waals surface area contributed by atoms with Gasteiger partial charge in [-0.05, 0) is 36.8 Å². The zero-order valence-corrected chi connectivity index (χ0v) is 12.1. The summed E-state index contributed by atoms with van der Waals surface area (Å²) in [5.74, 6) is -0.822. The predicted molar refractivity (Wildman–Crippen MR) is 79.9 cm³/mol. The van der Waals surface area contributed by atoms with E-state index in [1.54, 1.807) is 30.3 Å². The van der Waals surface area contributed by atoms with Crippen LogP contribution in [0.15, 0.2) is 42.5 Å². The van der Waals surface area contributed by atoms with Gasteiger partial charge in [-0.2, -0.15) is 0 Å². The Kier molecular flexibility index (Phi) is 5.01. The van der Waals surface area contributed by atoms with Crippen LogP contribution in [0, 0.1) is 5.82 Å². The average molecular weight is 301 g/mol. The number of aliphatic hydroxyl groups excluding tert-OH is 1. The topological polar surface area (TPSA) is 66.4 Å². The van der Waals surface area contributed by atoms with Gasteiger partial charge >= 0.3 is 0 Å². The third kappa shape index (κ3) is 3.77. The molecule has 0 fully saturated rings. The second-order valence-corrected chi connectivity index (χ2v) is 4.90. The lowest BCUT2D eigenvalue weighted by atomic mass is 10.1. The van der Waals surface area contributed by atoms with Gasteiger partial charge in [-0.25, -0.2) is 4.39 Å². The van der Waals surface area contributed by atoms with E-state index in [0.717, 1.165) is 0 Å². The molecule has 4 nitrogen and oxygen atoms in total. The van der Waals surface area contributed by atoms with Crippen molar-refractivity contribution in [2.45, 2.75) is 20.1 Å². The first-order valence-corrected chi connectivity index (χ1v) is 6.78. The quantitative estimate of drug-likeness (QED) is 0.834. The third-order valence-electron chi connectivity index (χ3n) is 3.29. The van der Waals surface area contributed by atoms with Crippen LogP contribution < -0.4 is 5.32 Å². The number of Topliss-reactive ketones (excluding diaryl/α,β-unsaturated/α-hetero) is 1. The summed E-state index contributed by atoms with van der Waals surface area (Å²) in [6, 6.07) is 10.7. The number of carbonyl (C=O) groups excluding carboxylic acids is 2. The van der Waals surface area contributed by atoms with E-state index < -0.39 is 5.82 Å². The van der Waals surface area contributed by atoms with Crippen LogP contribution in [-0.4, -0.2) is 16.8 Å². The number of rotatable bonds is 5. The molecule has 2 N–H and O–H groups in total. The van der Waals surface area contributed by atoms with E-state index >= 15 is 0 Å². The van der Waals surface area contributed by atoms with E-state index in [1.165, 1.54) is 19.1 Å².